The summed E-state index contributed by atoms with van der Waals surface area (Å²) in [5.74, 6) is 0.305. The van der Waals surface area contributed by atoms with Crippen molar-refractivity contribution in [2.75, 3.05) is 0 Å². The van der Waals surface area contributed by atoms with E-state index >= 15 is 0 Å². The van der Waals surface area contributed by atoms with E-state index in [1.165, 1.54) is 9.13 Å². The molecule has 3 aromatic heterocycles. The summed E-state index contributed by atoms with van der Waals surface area (Å²) in [6.07, 6.45) is 0. The van der Waals surface area contributed by atoms with Gasteiger partial charge >= 0.3 is 5.69 Å². The molecule has 0 saturated carbocycles. The molecule has 0 bridgehead atoms. The van der Waals surface area contributed by atoms with Crippen LogP contribution < -0.4 is 11.2 Å². The summed E-state index contributed by atoms with van der Waals surface area (Å²) in [6, 6.07) is 7.30. The van der Waals surface area contributed by atoms with Gasteiger partial charge in [0.05, 0.1) is 6.54 Å². The fourth-order valence-corrected chi connectivity index (χ4v) is 3.61. The molecule has 0 fully saturated rings. The predicted molar refractivity (Wildman–Crippen MR) is 107 cm³/mol. The maximum atomic E-state index is 13.1. The summed E-state index contributed by atoms with van der Waals surface area (Å²) in [5.41, 5.74) is 1.24. The third kappa shape index (κ3) is 2.55. The Hall–Kier alpha value is -3.33. The predicted octanol–water partition coefficient (Wildman–Crippen LogP) is 1.81. The number of H-pyrrole nitrogens is 1. The highest BCUT2D eigenvalue weighted by molar-refractivity contribution is 6.35. The van der Waals surface area contributed by atoms with Gasteiger partial charge in [-0.1, -0.05) is 22.8 Å². The fraction of sp³-hybridized carbons (Fsp3) is 0.222. The van der Waals surface area contributed by atoms with E-state index in [1.54, 1.807) is 27.1 Å². The van der Waals surface area contributed by atoms with Crippen LogP contribution in [0.2, 0.25) is 5.02 Å². The van der Waals surface area contributed by atoms with Gasteiger partial charge in [0.15, 0.2) is 17.0 Å². The number of rotatable bonds is 3. The lowest BCUT2D eigenvalue weighted by Crippen LogP contribution is -2.39. The fourth-order valence-electron chi connectivity index (χ4n) is 3.38. The number of benzene rings is 1. The number of nitrogens with one attached hydrogen (secondary N) is 1. The Morgan fingerprint density at radius 1 is 1.29 bits per heavy atom. The van der Waals surface area contributed by atoms with Gasteiger partial charge in [-0.05, 0) is 25.1 Å². The molecule has 3 heterocycles. The number of imidazole rings is 1. The Kier molecular flexibility index (Phi) is 4.11. The maximum absolute atomic E-state index is 13.1. The lowest BCUT2D eigenvalue weighted by Gasteiger charge is -2.07. The molecule has 0 radical (unpaired) electrons. The Morgan fingerprint density at radius 3 is 2.71 bits per heavy atom. The van der Waals surface area contributed by atoms with Crippen molar-refractivity contribution in [1.82, 2.24) is 23.7 Å². The zero-order valence-electron chi connectivity index (χ0n) is 15.4. The van der Waals surface area contributed by atoms with E-state index in [0.29, 0.717) is 16.5 Å². The van der Waals surface area contributed by atoms with Crippen LogP contribution >= 0.6 is 11.6 Å². The van der Waals surface area contributed by atoms with Crippen molar-refractivity contribution in [2.24, 2.45) is 19.3 Å². The van der Waals surface area contributed by atoms with E-state index in [0.717, 1.165) is 15.5 Å². The van der Waals surface area contributed by atoms with Crippen molar-refractivity contribution in [1.29, 1.82) is 0 Å². The molecule has 28 heavy (non-hydrogen) atoms. The van der Waals surface area contributed by atoms with Gasteiger partial charge in [-0.25, -0.2) is 9.78 Å². The van der Waals surface area contributed by atoms with Gasteiger partial charge in [0, 0.05) is 35.7 Å². The van der Waals surface area contributed by atoms with Gasteiger partial charge in [-0.2, -0.15) is 0 Å². The number of aryl methyl sites for hydroxylation is 2. The molecule has 9 nitrogen and oxygen atoms in total. The molecule has 0 amide bonds. The molecule has 2 N–H and O–H groups in total. The number of oxime groups is 1. The standard InChI is InChI=1S/C18H17ClN6O3/c1-9(22-28)15-21-16-14(23(15)2)17(26)25(18(27)24(16)3)8-10-7-11-12(19)5-4-6-13(11)20-10/h4-7,20,28H,8H2,1-3H3/b22-9-. The zero-order chi connectivity index (χ0) is 20.2. The second-order valence-electron chi connectivity index (χ2n) is 6.58. The molecule has 0 aliphatic rings. The summed E-state index contributed by atoms with van der Waals surface area (Å²) >= 11 is 6.21. The van der Waals surface area contributed by atoms with Crippen LogP contribution in [0, 0.1) is 0 Å². The van der Waals surface area contributed by atoms with E-state index < -0.39 is 11.2 Å². The van der Waals surface area contributed by atoms with Crippen LogP contribution in [-0.2, 0) is 20.6 Å². The van der Waals surface area contributed by atoms with Gasteiger partial charge < -0.3 is 14.8 Å². The molecular weight excluding hydrogens is 384 g/mol. The number of aromatic nitrogens is 5. The normalized spacial score (nSPS) is 12.4. The first-order valence-electron chi connectivity index (χ1n) is 8.45. The number of hydrogen-bond acceptors (Lipinski definition) is 5. The quantitative estimate of drug-likeness (QED) is 0.310. The van der Waals surface area contributed by atoms with Crippen molar-refractivity contribution in [3.8, 4) is 0 Å². The molecule has 0 unspecified atom stereocenters. The second kappa shape index (κ2) is 6.38. The first kappa shape index (κ1) is 18.1. The number of nitrogens with zero attached hydrogens (tertiary/aromatic N) is 5. The van der Waals surface area contributed by atoms with Gasteiger partial charge in [-0.15, -0.1) is 0 Å². The molecule has 0 aliphatic heterocycles. The van der Waals surface area contributed by atoms with Crippen LogP contribution in [0.25, 0.3) is 22.1 Å². The Balaban J connectivity index is 1.94. The molecule has 10 heteroatoms. The van der Waals surface area contributed by atoms with Crippen molar-refractivity contribution in [3.63, 3.8) is 0 Å². The monoisotopic (exact) mass is 400 g/mol. The maximum Gasteiger partial charge on any atom is 0.332 e. The van der Waals surface area contributed by atoms with E-state index in [9.17, 15) is 9.59 Å². The van der Waals surface area contributed by atoms with Crippen LogP contribution in [0.15, 0.2) is 39.0 Å². The van der Waals surface area contributed by atoms with Crippen LogP contribution in [0.5, 0.6) is 0 Å². The van der Waals surface area contributed by atoms with Crippen molar-refractivity contribution >= 4 is 39.4 Å². The molecule has 4 rings (SSSR count). The highest BCUT2D eigenvalue weighted by atomic mass is 35.5. The summed E-state index contributed by atoms with van der Waals surface area (Å²) in [7, 11) is 3.18. The highest BCUT2D eigenvalue weighted by Crippen LogP contribution is 2.24. The largest absolute Gasteiger partial charge is 0.411 e. The Morgan fingerprint density at radius 2 is 2.04 bits per heavy atom. The van der Waals surface area contributed by atoms with E-state index in [4.69, 9.17) is 16.8 Å². The minimum Gasteiger partial charge on any atom is -0.411 e. The topological polar surface area (TPSA) is 110 Å². The first-order chi connectivity index (χ1) is 13.3. The number of fused-ring (bicyclic) bond motifs is 2. The molecular formula is C18H17ClN6O3. The third-order valence-corrected chi connectivity index (χ3v) is 5.16. The first-order valence-corrected chi connectivity index (χ1v) is 8.82. The zero-order valence-corrected chi connectivity index (χ0v) is 16.2. The average Bonchev–Trinajstić information content (AvgIpc) is 3.25. The van der Waals surface area contributed by atoms with Gasteiger partial charge in [0.25, 0.3) is 5.56 Å². The number of halogens is 1. The minimum atomic E-state index is -0.495. The SMILES string of the molecule is C/C(=N/O)c1nc2c(c(=O)n(Cc3cc4c(Cl)cccc4[nH]3)c(=O)n2C)n1C. The molecule has 0 saturated heterocycles. The molecule has 144 valence electrons. The lowest BCUT2D eigenvalue weighted by molar-refractivity contribution is 0.318. The molecule has 1 aromatic carbocycles. The summed E-state index contributed by atoms with van der Waals surface area (Å²) in [4.78, 5) is 33.4. The number of hydrogen-bond donors (Lipinski definition) is 2. The Labute approximate surface area is 163 Å². The molecule has 0 spiro atoms. The smallest absolute Gasteiger partial charge is 0.332 e. The summed E-state index contributed by atoms with van der Waals surface area (Å²) in [6.45, 7) is 1.62. The lowest BCUT2D eigenvalue weighted by atomic mass is 10.2. The van der Waals surface area contributed by atoms with Gasteiger partial charge in [0.2, 0.25) is 0 Å². The number of aromatic amines is 1. The summed E-state index contributed by atoms with van der Waals surface area (Å²) in [5, 5.41) is 13.6. The minimum absolute atomic E-state index is 0.0556. The average molecular weight is 401 g/mol. The van der Waals surface area contributed by atoms with E-state index in [1.807, 2.05) is 18.2 Å². The van der Waals surface area contributed by atoms with Crippen molar-refractivity contribution < 1.29 is 5.21 Å². The Bertz CT molecular complexity index is 1390. The van der Waals surface area contributed by atoms with Crippen LogP contribution in [0.4, 0.5) is 0 Å². The molecule has 0 atom stereocenters. The van der Waals surface area contributed by atoms with E-state index in [-0.39, 0.29) is 23.4 Å². The van der Waals surface area contributed by atoms with Crippen molar-refractivity contribution in [2.45, 2.75) is 13.5 Å². The highest BCUT2D eigenvalue weighted by Gasteiger charge is 2.20. The van der Waals surface area contributed by atoms with Crippen LogP contribution in [0.3, 0.4) is 0 Å². The van der Waals surface area contributed by atoms with Crippen LogP contribution in [0.1, 0.15) is 18.4 Å². The molecule has 4 aromatic rings. The van der Waals surface area contributed by atoms with Gasteiger partial charge in [-0.3, -0.25) is 13.9 Å². The summed E-state index contributed by atoms with van der Waals surface area (Å²) < 4.78 is 3.96. The third-order valence-electron chi connectivity index (χ3n) is 4.83. The second-order valence-corrected chi connectivity index (χ2v) is 6.99. The van der Waals surface area contributed by atoms with Crippen molar-refractivity contribution in [3.05, 3.63) is 61.6 Å². The molecule has 0 aliphatic carbocycles. The van der Waals surface area contributed by atoms with Gasteiger partial charge in [0.1, 0.15) is 5.71 Å². The van der Waals surface area contributed by atoms with Crippen LogP contribution in [-0.4, -0.2) is 34.6 Å². The van der Waals surface area contributed by atoms with E-state index in [2.05, 4.69) is 15.1 Å².